The molecule has 2 aliphatic carbocycles. The highest BCUT2D eigenvalue weighted by Crippen LogP contribution is 2.41. The molecule has 2 atom stereocenters. The van der Waals surface area contributed by atoms with E-state index in [4.69, 9.17) is 9.40 Å². The van der Waals surface area contributed by atoms with Crippen molar-refractivity contribution in [2.75, 3.05) is 23.3 Å². The van der Waals surface area contributed by atoms with Crippen molar-refractivity contribution in [3.05, 3.63) is 124 Å². The zero-order valence-electron chi connectivity index (χ0n) is 38.7. The Bertz CT molecular complexity index is 2400. The molecule has 1 N–H and O–H groups in total. The van der Waals surface area contributed by atoms with Crippen molar-refractivity contribution < 1.29 is 9.21 Å². The zero-order valence-corrected chi connectivity index (χ0v) is 39.5. The summed E-state index contributed by atoms with van der Waals surface area (Å²) in [6.07, 6.45) is 16.3. The Morgan fingerprint density at radius 1 is 0.778 bits per heavy atom. The molecule has 0 radical (unpaired) electrons. The van der Waals surface area contributed by atoms with E-state index < -0.39 is 11.3 Å². The molecular formula is C56H69N3O3S. The predicted molar refractivity (Wildman–Crippen MR) is 266 cm³/mol. The number of nitrogens with zero attached hydrogens (tertiary/aromatic N) is 2. The van der Waals surface area contributed by atoms with E-state index in [1.807, 2.05) is 24.3 Å². The number of carbonyl (C=O) groups excluding carboxylic acids is 1. The average molecular weight is 864 g/mol. The lowest BCUT2D eigenvalue weighted by atomic mass is 9.77. The summed E-state index contributed by atoms with van der Waals surface area (Å²) in [5.74, 6) is 2.52. The van der Waals surface area contributed by atoms with Gasteiger partial charge in [-0.3, -0.25) is 9.59 Å². The Balaban J connectivity index is 1.16. The van der Waals surface area contributed by atoms with Gasteiger partial charge in [-0.1, -0.05) is 147 Å². The second-order valence-electron chi connectivity index (χ2n) is 18.5. The van der Waals surface area contributed by atoms with Gasteiger partial charge < -0.3 is 14.6 Å². The van der Waals surface area contributed by atoms with Gasteiger partial charge in [0.1, 0.15) is 11.2 Å². The van der Waals surface area contributed by atoms with Crippen molar-refractivity contribution in [1.29, 1.82) is 0 Å². The van der Waals surface area contributed by atoms with Crippen molar-refractivity contribution in [3.63, 3.8) is 0 Å². The second kappa shape index (κ2) is 22.2. The first-order chi connectivity index (χ1) is 30.6. The van der Waals surface area contributed by atoms with Gasteiger partial charge in [-0.25, -0.2) is 4.98 Å². The Kier molecular flexibility index (Phi) is 16.2. The highest BCUT2D eigenvalue weighted by molar-refractivity contribution is 7.99. The van der Waals surface area contributed by atoms with E-state index in [-0.39, 0.29) is 5.56 Å². The topological polar surface area (TPSA) is 75.4 Å². The molecule has 1 fully saturated rings. The van der Waals surface area contributed by atoms with Gasteiger partial charge in [0.05, 0.1) is 5.56 Å². The zero-order chi connectivity index (χ0) is 44.3. The summed E-state index contributed by atoms with van der Waals surface area (Å²) in [5.41, 5.74) is 8.28. The van der Waals surface area contributed by atoms with Gasteiger partial charge in [0.25, 0.3) is 5.91 Å². The lowest BCUT2D eigenvalue weighted by Crippen LogP contribution is -2.32. The third-order valence-electron chi connectivity index (χ3n) is 13.5. The number of hydrogen-bond acceptors (Lipinski definition) is 6. The molecule has 4 aromatic rings. The number of fused-ring (bicyclic) bond motifs is 2. The monoisotopic (exact) mass is 864 g/mol. The molecule has 63 heavy (non-hydrogen) atoms. The molecule has 6 nitrogen and oxygen atoms in total. The molecule has 3 aliphatic rings. The smallest absolute Gasteiger partial charge is 0.259 e. The lowest BCUT2D eigenvalue weighted by molar-refractivity contribution is 0.102. The third-order valence-corrected chi connectivity index (χ3v) is 14.5. The highest BCUT2D eigenvalue weighted by atomic mass is 32.2. The Labute approximate surface area is 381 Å². The maximum Gasteiger partial charge on any atom is 0.259 e. The minimum atomic E-state index is -0.462. The van der Waals surface area contributed by atoms with E-state index in [9.17, 15) is 9.59 Å². The van der Waals surface area contributed by atoms with Crippen LogP contribution in [0.2, 0.25) is 0 Å². The average Bonchev–Trinajstić information content (AvgIpc) is 3.30. The van der Waals surface area contributed by atoms with Crippen molar-refractivity contribution in [3.8, 4) is 22.6 Å². The lowest BCUT2D eigenvalue weighted by Gasteiger charge is -2.30. The van der Waals surface area contributed by atoms with E-state index in [1.165, 1.54) is 79.7 Å². The van der Waals surface area contributed by atoms with Crippen molar-refractivity contribution in [2.45, 2.75) is 141 Å². The number of anilines is 2. The maximum absolute atomic E-state index is 13.5. The minimum absolute atomic E-state index is 0.0347. The standard InChI is InChI=1S/C56H69N3O3S/c1-7-11-13-15-41-16-20-42(21-17-41)43-22-24-44(25-23-43)45-26-30-48(31-27-45)63-54-33-47(59(36-38(5)9-3)37-39(6)10-4)32-53-55(54)58-50-34-49(51(60)35-52(50)62-53)56(61)57-46-28-18-40(19-29-46)14-12-8-2/h18-19,22-35,38-39,41-42H,7-17,20-21,36-37H2,1-6H3,(H,57,61). The van der Waals surface area contributed by atoms with Gasteiger partial charge in [0.2, 0.25) is 0 Å². The molecule has 7 heteroatoms. The van der Waals surface area contributed by atoms with Crippen LogP contribution >= 0.6 is 11.8 Å². The third kappa shape index (κ3) is 12.0. The number of rotatable bonds is 20. The van der Waals surface area contributed by atoms with Crippen molar-refractivity contribution >= 4 is 40.1 Å². The number of aryl methyl sites for hydroxylation is 1. The second-order valence-corrected chi connectivity index (χ2v) is 19.6. The molecular weight excluding hydrogens is 795 g/mol. The number of carbonyl (C=O) groups is 1. The van der Waals surface area contributed by atoms with Crippen LogP contribution in [0, 0.1) is 17.8 Å². The van der Waals surface area contributed by atoms with Crippen LogP contribution in [0.4, 0.5) is 11.4 Å². The summed E-state index contributed by atoms with van der Waals surface area (Å²) in [4.78, 5) is 36.7. The maximum atomic E-state index is 13.5. The number of unbranched alkanes of at least 4 members (excludes halogenated alkanes) is 3. The van der Waals surface area contributed by atoms with Crippen LogP contribution < -0.4 is 15.6 Å². The van der Waals surface area contributed by atoms with Gasteiger partial charge in [-0.2, -0.15) is 0 Å². The van der Waals surface area contributed by atoms with Gasteiger partial charge >= 0.3 is 0 Å². The number of amides is 1. The van der Waals surface area contributed by atoms with Crippen molar-refractivity contribution in [1.82, 2.24) is 4.98 Å². The summed E-state index contributed by atoms with van der Waals surface area (Å²) in [6, 6.07) is 33.3. The molecule has 0 spiro atoms. The highest BCUT2D eigenvalue weighted by Gasteiger charge is 2.24. The van der Waals surface area contributed by atoms with Crippen LogP contribution in [0.5, 0.6) is 0 Å². The summed E-state index contributed by atoms with van der Waals surface area (Å²) < 4.78 is 6.58. The SMILES string of the molecule is CCCCCC1CCC(c2ccc(-c3ccc(Sc4cc(N(CC(C)CC)CC(C)CC)cc5oc6cc(=O)c(C(=O)Nc7ccc(CCCC)cc7)cc-6nc45)cc3)cc2)CC1. The quantitative estimate of drug-likeness (QED) is 0.0609. The predicted octanol–water partition coefficient (Wildman–Crippen LogP) is 15.5. The fourth-order valence-corrected chi connectivity index (χ4v) is 9.99. The Hall–Kier alpha value is -4.88. The normalized spacial score (nSPS) is 16.3. The first kappa shape index (κ1) is 46.1. The van der Waals surface area contributed by atoms with Gasteiger partial charge in [0, 0.05) is 46.4 Å². The fraction of sp³-hybridized carbons (Fsp3) is 0.446. The summed E-state index contributed by atoms with van der Waals surface area (Å²) in [5, 5.41) is 2.92. The minimum Gasteiger partial charge on any atom is -0.453 e. The Morgan fingerprint density at radius 2 is 1.43 bits per heavy atom. The molecule has 7 rings (SSSR count). The fourth-order valence-electron chi connectivity index (χ4n) is 9.04. The first-order valence-electron chi connectivity index (χ1n) is 24.1. The van der Waals surface area contributed by atoms with E-state index in [0.717, 1.165) is 66.6 Å². The van der Waals surface area contributed by atoms with Gasteiger partial charge in [-0.05, 0) is 121 Å². The first-order valence-corrected chi connectivity index (χ1v) is 24.9. The van der Waals surface area contributed by atoms with Crippen LogP contribution in [0.3, 0.4) is 0 Å². The molecule has 1 amide bonds. The number of benzene rings is 5. The molecule has 1 saturated carbocycles. The van der Waals surface area contributed by atoms with Crippen LogP contribution in [-0.4, -0.2) is 24.0 Å². The van der Waals surface area contributed by atoms with E-state index in [0.29, 0.717) is 46.0 Å². The van der Waals surface area contributed by atoms with E-state index in [1.54, 1.807) is 17.8 Å². The van der Waals surface area contributed by atoms with Crippen LogP contribution in [0.15, 0.2) is 116 Å². The molecule has 2 unspecified atom stereocenters. The molecule has 1 aliphatic heterocycles. The van der Waals surface area contributed by atoms with Gasteiger partial charge in [0.15, 0.2) is 16.8 Å². The number of hydrogen-bond donors (Lipinski definition) is 1. The molecule has 332 valence electrons. The Morgan fingerprint density at radius 3 is 2.06 bits per heavy atom. The summed E-state index contributed by atoms with van der Waals surface area (Å²) in [7, 11) is 0. The molecule has 1 heterocycles. The van der Waals surface area contributed by atoms with E-state index in [2.05, 4.69) is 112 Å². The number of aromatic nitrogens is 1. The van der Waals surface area contributed by atoms with E-state index >= 15 is 0 Å². The van der Waals surface area contributed by atoms with Crippen molar-refractivity contribution in [2.24, 2.45) is 17.8 Å². The molecule has 0 aromatic heterocycles. The van der Waals surface area contributed by atoms with Crippen LogP contribution in [0.25, 0.3) is 33.7 Å². The molecule has 0 bridgehead atoms. The van der Waals surface area contributed by atoms with Crippen LogP contribution in [0.1, 0.15) is 146 Å². The van der Waals surface area contributed by atoms with Gasteiger partial charge in [-0.15, -0.1) is 0 Å². The summed E-state index contributed by atoms with van der Waals surface area (Å²) >= 11 is 1.67. The molecule has 4 aromatic carbocycles. The number of nitrogens with one attached hydrogen (secondary N) is 1. The van der Waals surface area contributed by atoms with Crippen LogP contribution in [-0.2, 0) is 6.42 Å². The molecule has 0 saturated heterocycles. The largest absolute Gasteiger partial charge is 0.453 e. The summed E-state index contributed by atoms with van der Waals surface area (Å²) in [6.45, 7) is 15.4.